The molecular weight excluding hydrogens is 318 g/mol. The van der Waals surface area contributed by atoms with Crippen LogP contribution in [0.15, 0.2) is 0 Å². The first-order valence-corrected chi connectivity index (χ1v) is 10.4. The molecule has 0 unspecified atom stereocenters. The average Bonchev–Trinajstić information content (AvgIpc) is 2.38. The lowest BCUT2D eigenvalue weighted by molar-refractivity contribution is -0.0690. The van der Waals surface area contributed by atoms with Gasteiger partial charge in [0.15, 0.2) is 0 Å². The van der Waals surface area contributed by atoms with E-state index < -0.39 is 30.7 Å². The minimum atomic E-state index is -3.58. The second-order valence-corrected chi connectivity index (χ2v) is 10.6. The summed E-state index contributed by atoms with van der Waals surface area (Å²) in [5.41, 5.74) is -1.05. The van der Waals surface area contributed by atoms with Crippen LogP contribution in [-0.4, -0.2) is 75.4 Å². The molecule has 2 saturated heterocycles. The highest BCUT2D eigenvalue weighted by atomic mass is 32.2. The lowest BCUT2D eigenvalue weighted by Crippen LogP contribution is -2.50. The van der Waals surface area contributed by atoms with Crippen molar-refractivity contribution in [3.63, 3.8) is 0 Å². The van der Waals surface area contributed by atoms with Crippen LogP contribution in [0.3, 0.4) is 0 Å². The molecule has 0 aromatic heterocycles. The highest BCUT2D eigenvalue weighted by molar-refractivity contribution is 7.92. The van der Waals surface area contributed by atoms with Crippen LogP contribution in [0.1, 0.15) is 25.7 Å². The van der Waals surface area contributed by atoms with Gasteiger partial charge in [0.05, 0.1) is 22.4 Å². The summed E-state index contributed by atoms with van der Waals surface area (Å²) in [7, 11) is -5.22. The highest BCUT2D eigenvalue weighted by Crippen LogP contribution is 2.26. The predicted molar refractivity (Wildman–Crippen MR) is 78.2 cm³/mol. The first kappa shape index (κ1) is 17.1. The monoisotopic (exact) mass is 341 g/mol. The maximum absolute atomic E-state index is 12.5. The molecule has 7 nitrogen and oxygen atoms in total. The summed E-state index contributed by atoms with van der Waals surface area (Å²) in [4.78, 5) is 0. The SMILES string of the molecule is CN(CC1(O)CCOCC1)S(=O)(=O)C1CCS(=O)(=O)CC1. The highest BCUT2D eigenvalue weighted by Gasteiger charge is 2.39. The molecule has 2 heterocycles. The van der Waals surface area contributed by atoms with E-state index >= 15 is 0 Å². The lowest BCUT2D eigenvalue weighted by Gasteiger charge is -2.36. The van der Waals surface area contributed by atoms with Gasteiger partial charge in [0.2, 0.25) is 10.0 Å². The van der Waals surface area contributed by atoms with Gasteiger partial charge in [0.25, 0.3) is 0 Å². The van der Waals surface area contributed by atoms with Gasteiger partial charge in [0, 0.05) is 39.6 Å². The van der Waals surface area contributed by atoms with Crippen molar-refractivity contribution in [1.29, 1.82) is 0 Å². The molecule has 21 heavy (non-hydrogen) atoms. The Kier molecular flexibility index (Phi) is 4.99. The molecule has 0 atom stereocenters. The van der Waals surface area contributed by atoms with E-state index in [1.807, 2.05) is 0 Å². The zero-order chi connectivity index (χ0) is 15.7. The molecule has 0 radical (unpaired) electrons. The van der Waals surface area contributed by atoms with E-state index in [2.05, 4.69) is 0 Å². The largest absolute Gasteiger partial charge is 0.388 e. The summed E-state index contributed by atoms with van der Waals surface area (Å²) in [6.07, 6.45) is 1.09. The van der Waals surface area contributed by atoms with E-state index in [-0.39, 0.29) is 30.9 Å². The van der Waals surface area contributed by atoms with Crippen molar-refractivity contribution in [1.82, 2.24) is 4.31 Å². The van der Waals surface area contributed by atoms with E-state index in [0.29, 0.717) is 26.1 Å². The van der Waals surface area contributed by atoms with Gasteiger partial charge < -0.3 is 9.84 Å². The minimum absolute atomic E-state index is 0.0297. The van der Waals surface area contributed by atoms with Crippen molar-refractivity contribution in [2.75, 3.05) is 38.3 Å². The molecule has 0 bridgehead atoms. The van der Waals surface area contributed by atoms with Crippen LogP contribution in [0.4, 0.5) is 0 Å². The Morgan fingerprint density at radius 3 is 2.29 bits per heavy atom. The van der Waals surface area contributed by atoms with Gasteiger partial charge in [-0.25, -0.2) is 21.1 Å². The second kappa shape index (κ2) is 6.11. The van der Waals surface area contributed by atoms with Crippen LogP contribution in [-0.2, 0) is 24.6 Å². The normalized spacial score (nSPS) is 26.8. The molecule has 2 fully saturated rings. The van der Waals surface area contributed by atoms with Gasteiger partial charge in [-0.15, -0.1) is 0 Å². The summed E-state index contributed by atoms with van der Waals surface area (Å²) in [5, 5.41) is 9.73. The maximum atomic E-state index is 12.5. The number of sulfone groups is 1. The van der Waals surface area contributed by atoms with Gasteiger partial charge in [-0.05, 0) is 12.8 Å². The second-order valence-electron chi connectivity index (χ2n) is 5.99. The third-order valence-electron chi connectivity index (χ3n) is 4.30. The molecule has 2 aliphatic rings. The molecule has 1 N–H and O–H groups in total. The Bertz CT molecular complexity index is 551. The van der Waals surface area contributed by atoms with E-state index in [4.69, 9.17) is 4.74 Å². The van der Waals surface area contributed by atoms with E-state index in [1.54, 1.807) is 0 Å². The number of likely N-dealkylation sites (N-methyl/N-ethyl adjacent to an activating group) is 1. The number of hydrogen-bond donors (Lipinski definition) is 1. The van der Waals surface area contributed by atoms with Crippen molar-refractivity contribution >= 4 is 19.9 Å². The summed E-state index contributed by atoms with van der Waals surface area (Å²) >= 11 is 0. The Labute approximate surface area is 126 Å². The molecule has 0 aliphatic carbocycles. The van der Waals surface area contributed by atoms with Crippen LogP contribution < -0.4 is 0 Å². The fourth-order valence-corrected chi connectivity index (χ4v) is 6.39. The third-order valence-corrected chi connectivity index (χ3v) is 8.33. The van der Waals surface area contributed by atoms with E-state index in [0.717, 1.165) is 0 Å². The first-order chi connectivity index (χ1) is 9.65. The lowest BCUT2D eigenvalue weighted by atomic mass is 9.95. The molecular formula is C12H23NO6S2. The molecule has 0 aromatic carbocycles. The summed E-state index contributed by atoms with van der Waals surface area (Å²) in [6.45, 7) is 0.875. The quantitative estimate of drug-likeness (QED) is 0.730. The fraction of sp³-hybridized carbons (Fsp3) is 1.00. The molecule has 2 rings (SSSR count). The van der Waals surface area contributed by atoms with Crippen LogP contribution in [0.2, 0.25) is 0 Å². The van der Waals surface area contributed by atoms with E-state index in [1.165, 1.54) is 11.4 Å². The van der Waals surface area contributed by atoms with Gasteiger partial charge in [-0.3, -0.25) is 0 Å². The summed E-state index contributed by atoms with van der Waals surface area (Å²) < 4.78 is 54.2. The average molecular weight is 341 g/mol. The number of nitrogens with zero attached hydrogens (tertiary/aromatic N) is 1. The van der Waals surface area contributed by atoms with Crippen LogP contribution in [0.25, 0.3) is 0 Å². The number of hydrogen-bond acceptors (Lipinski definition) is 6. The van der Waals surface area contributed by atoms with Gasteiger partial charge >= 0.3 is 0 Å². The molecule has 0 saturated carbocycles. The Hall–Kier alpha value is -0.220. The van der Waals surface area contributed by atoms with Gasteiger partial charge in [0.1, 0.15) is 9.84 Å². The number of ether oxygens (including phenoxy) is 1. The van der Waals surface area contributed by atoms with Gasteiger partial charge in [-0.2, -0.15) is 0 Å². The summed E-state index contributed by atoms with van der Waals surface area (Å²) in [6, 6.07) is 0. The zero-order valence-corrected chi connectivity index (χ0v) is 13.8. The van der Waals surface area contributed by atoms with Crippen LogP contribution in [0.5, 0.6) is 0 Å². The number of aliphatic hydroxyl groups is 1. The molecule has 2 aliphatic heterocycles. The number of sulfonamides is 1. The van der Waals surface area contributed by atoms with Crippen molar-refractivity contribution < 1.29 is 26.7 Å². The summed E-state index contributed by atoms with van der Waals surface area (Å²) in [5.74, 6) is -0.161. The van der Waals surface area contributed by atoms with E-state index in [9.17, 15) is 21.9 Å². The Balaban J connectivity index is 2.02. The van der Waals surface area contributed by atoms with Crippen LogP contribution >= 0.6 is 0 Å². The van der Waals surface area contributed by atoms with Crippen LogP contribution in [0, 0.1) is 0 Å². The Morgan fingerprint density at radius 1 is 1.24 bits per heavy atom. The standard InChI is InChI=1S/C12H23NO6S2/c1-13(10-12(14)4-6-19-7-5-12)21(17,18)11-2-8-20(15,16)9-3-11/h11,14H,2-10H2,1H3. The van der Waals surface area contributed by atoms with Gasteiger partial charge in [-0.1, -0.05) is 0 Å². The fourth-order valence-electron chi connectivity index (χ4n) is 2.83. The molecule has 0 spiro atoms. The Morgan fingerprint density at radius 2 is 1.76 bits per heavy atom. The third kappa shape index (κ3) is 4.16. The van der Waals surface area contributed by atoms with Crippen molar-refractivity contribution in [3.05, 3.63) is 0 Å². The van der Waals surface area contributed by atoms with Crippen molar-refractivity contribution in [3.8, 4) is 0 Å². The molecule has 124 valence electrons. The smallest absolute Gasteiger partial charge is 0.216 e. The minimum Gasteiger partial charge on any atom is -0.388 e. The van der Waals surface area contributed by atoms with Crippen molar-refractivity contribution in [2.45, 2.75) is 36.5 Å². The van der Waals surface area contributed by atoms with Crippen molar-refractivity contribution in [2.24, 2.45) is 0 Å². The molecule has 0 aromatic rings. The first-order valence-electron chi connectivity index (χ1n) is 7.10. The molecule has 0 amide bonds. The predicted octanol–water partition coefficient (Wildman–Crippen LogP) is -0.633. The number of rotatable bonds is 4. The topological polar surface area (TPSA) is 101 Å². The zero-order valence-electron chi connectivity index (χ0n) is 12.2. The molecule has 9 heteroatoms. The maximum Gasteiger partial charge on any atom is 0.216 e.